The van der Waals surface area contributed by atoms with Gasteiger partial charge in [0.25, 0.3) is 0 Å². The molecule has 0 spiro atoms. The van der Waals surface area contributed by atoms with Crippen LogP contribution in [0.25, 0.3) is 15.9 Å². The first-order chi connectivity index (χ1) is 7.36. The SMILES string of the molecule is Brc1csc2ccn(-c3ccccc3)c12. The van der Waals surface area contributed by atoms with Crippen molar-refractivity contribution in [3.8, 4) is 5.69 Å². The number of nitrogens with zero attached hydrogens (tertiary/aromatic N) is 1. The van der Waals surface area contributed by atoms with Crippen LogP contribution in [0.3, 0.4) is 0 Å². The average molecular weight is 278 g/mol. The Labute approximate surface area is 100 Å². The molecule has 15 heavy (non-hydrogen) atoms. The topological polar surface area (TPSA) is 4.93 Å². The van der Waals surface area contributed by atoms with Gasteiger partial charge < -0.3 is 4.57 Å². The number of thiophene rings is 1. The van der Waals surface area contributed by atoms with E-state index in [0.717, 1.165) is 4.47 Å². The summed E-state index contributed by atoms with van der Waals surface area (Å²) in [7, 11) is 0. The van der Waals surface area contributed by atoms with Gasteiger partial charge in [-0.2, -0.15) is 0 Å². The molecular formula is C12H8BrNS. The van der Waals surface area contributed by atoms with E-state index in [1.165, 1.54) is 15.9 Å². The third-order valence-corrected chi connectivity index (χ3v) is 4.24. The summed E-state index contributed by atoms with van der Waals surface area (Å²) in [5.41, 5.74) is 2.46. The summed E-state index contributed by atoms with van der Waals surface area (Å²) in [6.45, 7) is 0. The van der Waals surface area contributed by atoms with Crippen LogP contribution in [0.1, 0.15) is 0 Å². The molecule has 0 aliphatic heterocycles. The lowest BCUT2D eigenvalue weighted by molar-refractivity contribution is 1.13. The van der Waals surface area contributed by atoms with E-state index in [1.807, 2.05) is 6.07 Å². The Bertz CT molecular complexity index is 594. The smallest absolute Gasteiger partial charge is 0.0780 e. The molecule has 3 rings (SSSR count). The molecule has 0 saturated carbocycles. The lowest BCUT2D eigenvalue weighted by Gasteiger charge is -2.03. The molecule has 0 aliphatic carbocycles. The Morgan fingerprint density at radius 3 is 2.67 bits per heavy atom. The van der Waals surface area contributed by atoms with Gasteiger partial charge in [-0.1, -0.05) is 18.2 Å². The summed E-state index contributed by atoms with van der Waals surface area (Å²) >= 11 is 5.35. The minimum Gasteiger partial charge on any atom is -0.315 e. The number of benzene rings is 1. The number of rotatable bonds is 1. The number of para-hydroxylation sites is 1. The largest absolute Gasteiger partial charge is 0.315 e. The number of halogens is 1. The van der Waals surface area contributed by atoms with E-state index in [1.54, 1.807) is 11.3 Å². The Morgan fingerprint density at radius 1 is 1.07 bits per heavy atom. The first-order valence-corrected chi connectivity index (χ1v) is 6.33. The molecule has 0 atom stereocenters. The predicted octanol–water partition coefficient (Wildman–Crippen LogP) is 4.45. The van der Waals surface area contributed by atoms with E-state index in [0.29, 0.717) is 0 Å². The van der Waals surface area contributed by atoms with Crippen molar-refractivity contribution in [2.45, 2.75) is 0 Å². The zero-order valence-corrected chi connectivity index (χ0v) is 10.3. The van der Waals surface area contributed by atoms with Crippen LogP contribution in [0.2, 0.25) is 0 Å². The van der Waals surface area contributed by atoms with Gasteiger partial charge in [-0.05, 0) is 34.1 Å². The molecular weight excluding hydrogens is 270 g/mol. The molecule has 0 fully saturated rings. The molecule has 74 valence electrons. The van der Waals surface area contributed by atoms with E-state index in [4.69, 9.17) is 0 Å². The zero-order chi connectivity index (χ0) is 10.3. The van der Waals surface area contributed by atoms with Crippen molar-refractivity contribution >= 4 is 37.5 Å². The fourth-order valence-corrected chi connectivity index (χ4v) is 3.33. The van der Waals surface area contributed by atoms with E-state index in [9.17, 15) is 0 Å². The van der Waals surface area contributed by atoms with Crippen LogP contribution in [0.5, 0.6) is 0 Å². The van der Waals surface area contributed by atoms with Crippen LogP contribution in [0.4, 0.5) is 0 Å². The summed E-state index contributed by atoms with van der Waals surface area (Å²) in [5, 5.41) is 2.13. The molecule has 0 N–H and O–H groups in total. The Morgan fingerprint density at radius 2 is 1.87 bits per heavy atom. The highest BCUT2D eigenvalue weighted by Crippen LogP contribution is 2.32. The van der Waals surface area contributed by atoms with Crippen LogP contribution in [-0.2, 0) is 0 Å². The quantitative estimate of drug-likeness (QED) is 0.619. The summed E-state index contributed by atoms with van der Waals surface area (Å²) in [4.78, 5) is 0. The molecule has 0 aliphatic rings. The molecule has 2 aromatic heterocycles. The monoisotopic (exact) mass is 277 g/mol. The first-order valence-electron chi connectivity index (χ1n) is 4.66. The van der Waals surface area contributed by atoms with E-state index in [-0.39, 0.29) is 0 Å². The highest BCUT2D eigenvalue weighted by Gasteiger charge is 2.07. The van der Waals surface area contributed by atoms with Crippen LogP contribution in [0.15, 0.2) is 52.4 Å². The molecule has 0 unspecified atom stereocenters. The van der Waals surface area contributed by atoms with Crippen molar-refractivity contribution < 1.29 is 0 Å². The molecule has 3 aromatic rings. The maximum atomic E-state index is 3.58. The van der Waals surface area contributed by atoms with Gasteiger partial charge in [-0.15, -0.1) is 11.3 Å². The summed E-state index contributed by atoms with van der Waals surface area (Å²) in [6, 6.07) is 12.5. The normalized spacial score (nSPS) is 11.0. The lowest BCUT2D eigenvalue weighted by Crippen LogP contribution is -1.89. The fourth-order valence-electron chi connectivity index (χ4n) is 1.72. The summed E-state index contributed by atoms with van der Waals surface area (Å²) in [5.74, 6) is 0. The van der Waals surface area contributed by atoms with Gasteiger partial charge in [-0.25, -0.2) is 0 Å². The van der Waals surface area contributed by atoms with Gasteiger partial charge in [0.1, 0.15) is 0 Å². The second-order valence-corrected chi connectivity index (χ2v) is 5.08. The summed E-state index contributed by atoms with van der Waals surface area (Å²) < 4.78 is 4.68. The minimum atomic E-state index is 1.16. The number of hydrogen-bond donors (Lipinski definition) is 0. The first kappa shape index (κ1) is 9.19. The third-order valence-electron chi connectivity index (χ3n) is 2.40. The zero-order valence-electron chi connectivity index (χ0n) is 7.85. The van der Waals surface area contributed by atoms with E-state index < -0.39 is 0 Å². The molecule has 1 nitrogen and oxygen atoms in total. The van der Waals surface area contributed by atoms with E-state index >= 15 is 0 Å². The molecule has 0 radical (unpaired) electrons. The standard InChI is InChI=1S/C12H8BrNS/c13-10-8-15-11-6-7-14(12(10)11)9-4-2-1-3-5-9/h1-8H. The van der Waals surface area contributed by atoms with Crippen molar-refractivity contribution in [1.82, 2.24) is 4.57 Å². The van der Waals surface area contributed by atoms with Gasteiger partial charge in [0.15, 0.2) is 0 Å². The van der Waals surface area contributed by atoms with Crippen molar-refractivity contribution in [2.24, 2.45) is 0 Å². The molecule has 0 amide bonds. The maximum absolute atomic E-state index is 3.58. The van der Waals surface area contributed by atoms with Crippen LogP contribution >= 0.6 is 27.3 Å². The Hall–Kier alpha value is -1.06. The van der Waals surface area contributed by atoms with Gasteiger partial charge in [-0.3, -0.25) is 0 Å². The second-order valence-electron chi connectivity index (χ2n) is 3.32. The molecule has 1 aromatic carbocycles. The van der Waals surface area contributed by atoms with Gasteiger partial charge in [0, 0.05) is 17.3 Å². The van der Waals surface area contributed by atoms with Gasteiger partial charge in [0.2, 0.25) is 0 Å². The fraction of sp³-hybridized carbons (Fsp3) is 0. The average Bonchev–Trinajstić information content (AvgIpc) is 2.84. The van der Waals surface area contributed by atoms with E-state index in [2.05, 4.69) is 62.4 Å². The van der Waals surface area contributed by atoms with Crippen LogP contribution < -0.4 is 0 Å². The highest BCUT2D eigenvalue weighted by molar-refractivity contribution is 9.10. The van der Waals surface area contributed by atoms with Crippen molar-refractivity contribution in [2.75, 3.05) is 0 Å². The van der Waals surface area contributed by atoms with Gasteiger partial charge >= 0.3 is 0 Å². The molecule has 0 saturated heterocycles. The highest BCUT2D eigenvalue weighted by atomic mass is 79.9. The predicted molar refractivity (Wildman–Crippen MR) is 68.9 cm³/mol. The lowest BCUT2D eigenvalue weighted by atomic mass is 10.3. The Kier molecular flexibility index (Phi) is 2.15. The number of fused-ring (bicyclic) bond motifs is 1. The number of hydrogen-bond acceptors (Lipinski definition) is 1. The van der Waals surface area contributed by atoms with Gasteiger partial charge in [0.05, 0.1) is 14.7 Å². The summed E-state index contributed by atoms with van der Waals surface area (Å²) in [6.07, 6.45) is 2.11. The van der Waals surface area contributed by atoms with Crippen molar-refractivity contribution in [1.29, 1.82) is 0 Å². The minimum absolute atomic E-state index is 1.16. The maximum Gasteiger partial charge on any atom is 0.0780 e. The number of aromatic nitrogens is 1. The van der Waals surface area contributed by atoms with Crippen molar-refractivity contribution in [3.05, 3.63) is 52.4 Å². The molecule has 2 heterocycles. The van der Waals surface area contributed by atoms with Crippen LogP contribution in [0, 0.1) is 0 Å². The second kappa shape index (κ2) is 3.51. The molecule has 3 heteroatoms. The van der Waals surface area contributed by atoms with Crippen LogP contribution in [-0.4, -0.2) is 4.57 Å². The third kappa shape index (κ3) is 1.43. The van der Waals surface area contributed by atoms with Crippen molar-refractivity contribution in [3.63, 3.8) is 0 Å². The Balaban J connectivity index is 2.31. The molecule has 0 bridgehead atoms.